The van der Waals surface area contributed by atoms with E-state index in [-0.39, 0.29) is 12.5 Å². The minimum absolute atomic E-state index is 0.140. The summed E-state index contributed by atoms with van der Waals surface area (Å²) in [6.07, 6.45) is -11.2. The molecule has 1 amide bonds. The fourth-order valence-electron chi connectivity index (χ4n) is 3.59. The number of nitrogens with zero attached hydrogens (tertiary/aromatic N) is 2. The minimum atomic E-state index is -5.91. The number of amides is 1. The highest BCUT2D eigenvalue weighted by Crippen LogP contribution is 2.50. The number of carbonyl (C=O) groups is 1. The van der Waals surface area contributed by atoms with Gasteiger partial charge in [0.2, 0.25) is 0 Å². The molecule has 0 fully saturated rings. The first-order chi connectivity index (χ1) is 16.3. The second kappa shape index (κ2) is 11.8. The van der Waals surface area contributed by atoms with Gasteiger partial charge in [-0.05, 0) is 35.7 Å². The number of hydrogen-bond acceptors (Lipinski definition) is 3. The molecule has 3 rings (SSSR count). The zero-order valence-corrected chi connectivity index (χ0v) is 20.7. The number of fused-ring (bicyclic) bond motifs is 1. The molecule has 2 aromatic rings. The highest BCUT2D eigenvalue weighted by atomic mass is 19.4. The zero-order valence-electron chi connectivity index (χ0n) is 20.7. The first kappa shape index (κ1) is 30.3. The Morgan fingerprint density at radius 3 is 1.89 bits per heavy atom. The van der Waals surface area contributed by atoms with Crippen molar-refractivity contribution in [2.75, 3.05) is 25.5 Å². The van der Waals surface area contributed by atoms with E-state index >= 15 is 0 Å². The van der Waals surface area contributed by atoms with Crippen LogP contribution in [0.25, 0.3) is 0 Å². The van der Waals surface area contributed by atoms with Gasteiger partial charge in [-0.3, -0.25) is 4.79 Å². The lowest BCUT2D eigenvalue weighted by Crippen LogP contribution is -2.53. The summed E-state index contributed by atoms with van der Waals surface area (Å²) in [5.41, 5.74) is -3.42. The number of hydrogen-bond donors (Lipinski definition) is 1. The van der Waals surface area contributed by atoms with Gasteiger partial charge in [0.1, 0.15) is 0 Å². The molecule has 1 aliphatic heterocycles. The van der Waals surface area contributed by atoms with Crippen molar-refractivity contribution in [3.63, 3.8) is 0 Å². The first-order valence-electron chi connectivity index (χ1n) is 11.3. The van der Waals surface area contributed by atoms with Gasteiger partial charge in [-0.15, -0.1) is 0 Å². The summed E-state index contributed by atoms with van der Waals surface area (Å²) in [5.74, 6) is -0.140. The number of alkyl halides is 6. The normalized spacial score (nSPS) is 13.2. The van der Waals surface area contributed by atoms with E-state index in [0.717, 1.165) is 23.4 Å². The number of benzene rings is 2. The second-order valence-electron chi connectivity index (χ2n) is 7.62. The van der Waals surface area contributed by atoms with Gasteiger partial charge in [0, 0.05) is 44.0 Å². The number of carbonyl (C=O) groups excluding carboxylic acids is 1. The maximum absolute atomic E-state index is 13.0. The van der Waals surface area contributed by atoms with Crippen molar-refractivity contribution in [1.29, 1.82) is 0 Å². The van der Waals surface area contributed by atoms with Crippen molar-refractivity contribution in [3.05, 3.63) is 64.7 Å². The molecule has 0 spiro atoms. The van der Waals surface area contributed by atoms with Crippen LogP contribution in [0.3, 0.4) is 0 Å². The van der Waals surface area contributed by atoms with Crippen molar-refractivity contribution in [2.24, 2.45) is 0 Å². The van der Waals surface area contributed by atoms with E-state index in [9.17, 15) is 36.2 Å². The molecule has 4 nitrogen and oxygen atoms in total. The number of aliphatic hydroxyl groups is 1. The quantitative estimate of drug-likeness (QED) is 0.494. The van der Waals surface area contributed by atoms with Crippen LogP contribution in [0, 0.1) is 0 Å². The Balaban J connectivity index is 0.00000145. The molecule has 0 bridgehead atoms. The molecular weight excluding hydrogens is 474 g/mol. The predicted octanol–water partition coefficient (Wildman–Crippen LogP) is 6.32. The first-order valence-corrected chi connectivity index (χ1v) is 11.3. The lowest BCUT2D eigenvalue weighted by Gasteiger charge is -2.32. The van der Waals surface area contributed by atoms with Crippen LogP contribution < -0.4 is 4.90 Å². The summed E-state index contributed by atoms with van der Waals surface area (Å²) >= 11 is 0. The Morgan fingerprint density at radius 1 is 0.914 bits per heavy atom. The second-order valence-corrected chi connectivity index (χ2v) is 7.62. The van der Waals surface area contributed by atoms with E-state index in [1.807, 2.05) is 32.6 Å². The van der Waals surface area contributed by atoms with Crippen LogP contribution in [0.5, 0.6) is 0 Å². The molecule has 35 heavy (non-hydrogen) atoms. The van der Waals surface area contributed by atoms with E-state index in [2.05, 4.69) is 0 Å². The monoisotopic (exact) mass is 506 g/mol. The fraction of sp³-hybridized carbons (Fsp3) is 0.480. The highest BCUT2D eigenvalue weighted by molar-refractivity contribution is 5.94. The Labute approximate surface area is 202 Å². The molecule has 1 N–H and O–H groups in total. The average molecular weight is 507 g/mol. The smallest absolute Gasteiger partial charge is 0.369 e. The largest absolute Gasteiger partial charge is 0.430 e. The van der Waals surface area contributed by atoms with Gasteiger partial charge in [-0.1, -0.05) is 52.0 Å². The van der Waals surface area contributed by atoms with E-state index in [4.69, 9.17) is 0 Å². The van der Waals surface area contributed by atoms with Crippen LogP contribution >= 0.6 is 0 Å². The van der Waals surface area contributed by atoms with Crippen molar-refractivity contribution in [3.8, 4) is 0 Å². The molecule has 2 aromatic carbocycles. The van der Waals surface area contributed by atoms with Gasteiger partial charge >= 0.3 is 12.4 Å². The molecular formula is C25H32F6N2O2. The number of rotatable bonds is 4. The molecule has 0 radical (unpaired) electrons. The van der Waals surface area contributed by atoms with Crippen LogP contribution in [0.4, 0.5) is 32.0 Å². The van der Waals surface area contributed by atoms with Crippen molar-refractivity contribution >= 4 is 11.6 Å². The van der Waals surface area contributed by atoms with Gasteiger partial charge in [0.25, 0.3) is 11.5 Å². The van der Waals surface area contributed by atoms with E-state index in [0.29, 0.717) is 36.2 Å². The van der Waals surface area contributed by atoms with Crippen molar-refractivity contribution < 1.29 is 36.2 Å². The highest BCUT2D eigenvalue weighted by Gasteiger charge is 2.71. The molecule has 196 valence electrons. The molecule has 10 heteroatoms. The number of anilines is 1. The maximum Gasteiger partial charge on any atom is 0.430 e. The number of halogens is 6. The summed E-state index contributed by atoms with van der Waals surface area (Å²) in [4.78, 5) is 15.5. The van der Waals surface area contributed by atoms with Crippen LogP contribution in [0.1, 0.15) is 54.7 Å². The van der Waals surface area contributed by atoms with Crippen LogP contribution in [-0.2, 0) is 18.6 Å². The van der Waals surface area contributed by atoms with Gasteiger partial charge in [0.05, 0.1) is 0 Å². The summed E-state index contributed by atoms with van der Waals surface area (Å²) in [5, 5.41) is 9.48. The summed E-state index contributed by atoms with van der Waals surface area (Å²) in [6.45, 7) is 8.84. The van der Waals surface area contributed by atoms with Gasteiger partial charge in [0.15, 0.2) is 0 Å². The van der Waals surface area contributed by atoms with E-state index in [1.165, 1.54) is 4.90 Å². The Kier molecular flexibility index (Phi) is 10.2. The van der Waals surface area contributed by atoms with Crippen LogP contribution in [0.2, 0.25) is 0 Å². The summed E-state index contributed by atoms with van der Waals surface area (Å²) in [7, 11) is 3.29. The maximum atomic E-state index is 13.0. The molecule has 0 atom stereocenters. The third kappa shape index (κ3) is 6.28. The van der Waals surface area contributed by atoms with Gasteiger partial charge in [-0.25, -0.2) is 0 Å². The van der Waals surface area contributed by atoms with E-state index in [1.54, 1.807) is 32.3 Å². The Morgan fingerprint density at radius 2 is 1.43 bits per heavy atom. The molecule has 0 saturated heterocycles. The Bertz CT molecular complexity index is 955. The molecule has 0 unspecified atom stereocenters. The van der Waals surface area contributed by atoms with Crippen LogP contribution in [-0.4, -0.2) is 48.9 Å². The van der Waals surface area contributed by atoms with Gasteiger partial charge in [-0.2, -0.15) is 26.3 Å². The third-order valence-electron chi connectivity index (χ3n) is 5.29. The molecule has 0 aliphatic carbocycles. The van der Waals surface area contributed by atoms with Crippen LogP contribution in [0.15, 0.2) is 42.5 Å². The summed E-state index contributed by atoms with van der Waals surface area (Å²) < 4.78 is 78.1. The lowest BCUT2D eigenvalue weighted by molar-refractivity contribution is -0.376. The summed E-state index contributed by atoms with van der Waals surface area (Å²) in [6, 6.07) is 8.81. The van der Waals surface area contributed by atoms with E-state index < -0.39 is 23.5 Å². The molecule has 0 saturated carbocycles. The standard InChI is InChI=1S/C21H20F6N2O2.2C2H6/c1-28(2)18(30)15-5-8-17-14(11-15)9-10-29(17)12-13-3-6-16(7-4-13)19(31,20(22,23)24)21(25,26)27;2*1-2/h3-8,11,31H,9-10,12H2,1-2H3;2*1-2H3. The van der Waals surface area contributed by atoms with Gasteiger partial charge < -0.3 is 14.9 Å². The predicted molar refractivity (Wildman–Crippen MR) is 124 cm³/mol. The molecule has 0 aromatic heterocycles. The Hall–Kier alpha value is -2.75. The lowest BCUT2D eigenvalue weighted by atomic mass is 9.91. The average Bonchev–Trinajstić information content (AvgIpc) is 3.21. The zero-order chi connectivity index (χ0) is 27.2. The fourth-order valence-corrected chi connectivity index (χ4v) is 3.59. The van der Waals surface area contributed by atoms with Crippen molar-refractivity contribution in [1.82, 2.24) is 4.90 Å². The topological polar surface area (TPSA) is 43.8 Å². The molecule has 1 heterocycles. The minimum Gasteiger partial charge on any atom is -0.369 e. The van der Waals surface area contributed by atoms with Crippen molar-refractivity contribution in [2.45, 2.75) is 58.6 Å². The molecule has 1 aliphatic rings. The third-order valence-corrected chi connectivity index (χ3v) is 5.29. The SMILES string of the molecule is CC.CC.CN(C)C(=O)c1ccc2c(c1)CCN2Cc1ccc(C(O)(C(F)(F)F)C(F)(F)F)cc1.